The summed E-state index contributed by atoms with van der Waals surface area (Å²) in [6.45, 7) is 0.000206. The summed E-state index contributed by atoms with van der Waals surface area (Å²) in [6, 6.07) is 12.7. The number of nitrogens with zero attached hydrogens (tertiary/aromatic N) is 3. The van der Waals surface area contributed by atoms with Crippen LogP contribution in [0, 0.1) is 0 Å². The number of aromatic nitrogens is 2. The number of hydrogen-bond donors (Lipinski definition) is 1. The molecular formula is C21H21ClN4O4. The smallest absolute Gasteiger partial charge is 0.255 e. The van der Waals surface area contributed by atoms with E-state index in [2.05, 4.69) is 5.10 Å². The quantitative estimate of drug-likeness (QED) is 0.594. The van der Waals surface area contributed by atoms with Crippen LogP contribution < -0.4 is 15.2 Å². The SMILES string of the molecule is COc1cc(C(=O)N(C)Cc2cnn(-c3ccccc3)c2)cc(Cl)c1OCC(N)=O. The summed E-state index contributed by atoms with van der Waals surface area (Å²) in [5.41, 5.74) is 7.22. The molecule has 2 amide bonds. The number of para-hydroxylation sites is 1. The van der Waals surface area contributed by atoms with Gasteiger partial charge in [0.05, 0.1) is 24.0 Å². The van der Waals surface area contributed by atoms with Crippen molar-refractivity contribution >= 4 is 23.4 Å². The van der Waals surface area contributed by atoms with Gasteiger partial charge in [-0.15, -0.1) is 0 Å². The molecule has 0 saturated heterocycles. The van der Waals surface area contributed by atoms with Gasteiger partial charge in [-0.05, 0) is 24.3 Å². The van der Waals surface area contributed by atoms with Gasteiger partial charge in [-0.25, -0.2) is 4.68 Å². The van der Waals surface area contributed by atoms with Crippen molar-refractivity contribution < 1.29 is 19.1 Å². The molecule has 0 radical (unpaired) electrons. The highest BCUT2D eigenvalue weighted by molar-refractivity contribution is 6.32. The molecule has 0 aliphatic heterocycles. The molecule has 156 valence electrons. The number of halogens is 1. The van der Waals surface area contributed by atoms with Gasteiger partial charge in [0.25, 0.3) is 11.8 Å². The number of hydrogen-bond acceptors (Lipinski definition) is 5. The minimum Gasteiger partial charge on any atom is -0.493 e. The van der Waals surface area contributed by atoms with Crippen molar-refractivity contribution in [2.75, 3.05) is 20.8 Å². The van der Waals surface area contributed by atoms with Crippen LogP contribution in [0.5, 0.6) is 11.5 Å². The molecule has 0 atom stereocenters. The highest BCUT2D eigenvalue weighted by Crippen LogP contribution is 2.36. The second kappa shape index (κ2) is 9.32. The van der Waals surface area contributed by atoms with E-state index < -0.39 is 5.91 Å². The molecule has 0 aliphatic rings. The van der Waals surface area contributed by atoms with Crippen LogP contribution in [0.2, 0.25) is 5.02 Å². The third kappa shape index (κ3) is 4.90. The fraction of sp³-hybridized carbons (Fsp3) is 0.190. The van der Waals surface area contributed by atoms with E-state index in [0.717, 1.165) is 11.3 Å². The highest BCUT2D eigenvalue weighted by atomic mass is 35.5. The Morgan fingerprint density at radius 2 is 1.97 bits per heavy atom. The molecule has 8 nitrogen and oxygen atoms in total. The van der Waals surface area contributed by atoms with Gasteiger partial charge < -0.3 is 20.1 Å². The second-order valence-electron chi connectivity index (χ2n) is 6.53. The zero-order valence-corrected chi connectivity index (χ0v) is 17.3. The van der Waals surface area contributed by atoms with E-state index in [1.807, 2.05) is 36.5 Å². The fourth-order valence-corrected chi connectivity index (χ4v) is 3.12. The molecule has 0 aliphatic carbocycles. The van der Waals surface area contributed by atoms with Gasteiger partial charge in [0.1, 0.15) is 0 Å². The van der Waals surface area contributed by atoms with Gasteiger partial charge in [0.2, 0.25) is 0 Å². The second-order valence-corrected chi connectivity index (χ2v) is 6.94. The normalized spacial score (nSPS) is 10.5. The van der Waals surface area contributed by atoms with Crippen molar-refractivity contribution in [1.29, 1.82) is 0 Å². The van der Waals surface area contributed by atoms with Crippen LogP contribution in [-0.4, -0.2) is 47.3 Å². The summed E-state index contributed by atoms with van der Waals surface area (Å²) >= 11 is 6.24. The zero-order chi connectivity index (χ0) is 21.7. The number of carbonyl (C=O) groups is 2. The molecule has 1 aromatic heterocycles. The summed E-state index contributed by atoms with van der Waals surface area (Å²) in [4.78, 5) is 25.4. The van der Waals surface area contributed by atoms with Crippen LogP contribution in [-0.2, 0) is 11.3 Å². The van der Waals surface area contributed by atoms with Crippen LogP contribution in [0.3, 0.4) is 0 Å². The number of nitrogens with two attached hydrogens (primary N) is 1. The minimum absolute atomic E-state index is 0.143. The monoisotopic (exact) mass is 428 g/mol. The van der Waals surface area contributed by atoms with Crippen molar-refractivity contribution in [2.45, 2.75) is 6.54 Å². The Kier molecular flexibility index (Phi) is 6.58. The standard InChI is InChI=1S/C21H21ClN4O4/c1-25(11-14-10-24-26(12-14)16-6-4-3-5-7-16)21(28)15-8-17(22)20(18(9-15)29-2)30-13-19(23)27/h3-10,12H,11,13H2,1-2H3,(H2,23,27). The van der Waals surface area contributed by atoms with Crippen molar-refractivity contribution in [3.05, 3.63) is 71.0 Å². The summed E-state index contributed by atoms with van der Waals surface area (Å²) in [5, 5.41) is 4.49. The summed E-state index contributed by atoms with van der Waals surface area (Å²) in [5.74, 6) is -0.521. The van der Waals surface area contributed by atoms with Gasteiger partial charge in [-0.2, -0.15) is 5.10 Å². The Morgan fingerprint density at radius 1 is 1.23 bits per heavy atom. The molecule has 0 spiro atoms. The number of methoxy groups -OCH3 is 1. The van der Waals surface area contributed by atoms with E-state index in [0.29, 0.717) is 12.1 Å². The number of rotatable bonds is 8. The molecule has 0 unspecified atom stereocenters. The van der Waals surface area contributed by atoms with E-state index in [4.69, 9.17) is 26.8 Å². The van der Waals surface area contributed by atoms with Crippen molar-refractivity contribution in [2.24, 2.45) is 5.73 Å². The number of primary amides is 1. The van der Waals surface area contributed by atoms with E-state index in [1.54, 1.807) is 22.8 Å². The van der Waals surface area contributed by atoms with Gasteiger partial charge in [0.15, 0.2) is 18.1 Å². The van der Waals surface area contributed by atoms with E-state index in [1.165, 1.54) is 19.2 Å². The van der Waals surface area contributed by atoms with Crippen LogP contribution in [0.1, 0.15) is 15.9 Å². The molecule has 0 fully saturated rings. The molecule has 0 saturated carbocycles. The molecule has 0 bridgehead atoms. The average molecular weight is 429 g/mol. The topological polar surface area (TPSA) is 99.7 Å². The number of carbonyl (C=O) groups excluding carboxylic acids is 2. The number of benzene rings is 2. The Hall–Kier alpha value is -3.52. The molecule has 3 rings (SSSR count). The molecule has 2 N–H and O–H groups in total. The van der Waals surface area contributed by atoms with Crippen molar-refractivity contribution in [3.8, 4) is 17.2 Å². The molecular weight excluding hydrogens is 408 g/mol. The lowest BCUT2D eigenvalue weighted by Crippen LogP contribution is -2.26. The predicted octanol–water partition coefficient (Wildman–Crippen LogP) is 2.67. The number of ether oxygens (including phenoxy) is 2. The molecule has 2 aromatic carbocycles. The van der Waals surface area contributed by atoms with E-state index in [-0.39, 0.29) is 29.0 Å². The summed E-state index contributed by atoms with van der Waals surface area (Å²) in [6.07, 6.45) is 3.58. The maximum absolute atomic E-state index is 12.9. The first-order valence-electron chi connectivity index (χ1n) is 9.02. The molecule has 3 aromatic rings. The molecule has 9 heteroatoms. The Labute approximate surface area is 178 Å². The van der Waals surface area contributed by atoms with Crippen LogP contribution in [0.15, 0.2) is 54.9 Å². The fourth-order valence-electron chi connectivity index (χ4n) is 2.86. The maximum Gasteiger partial charge on any atom is 0.255 e. The van der Waals surface area contributed by atoms with Gasteiger partial charge in [0, 0.05) is 30.9 Å². The van der Waals surface area contributed by atoms with E-state index >= 15 is 0 Å². The average Bonchev–Trinajstić information content (AvgIpc) is 3.20. The first kappa shape index (κ1) is 21.2. The Morgan fingerprint density at radius 3 is 2.63 bits per heavy atom. The van der Waals surface area contributed by atoms with Crippen molar-refractivity contribution in [1.82, 2.24) is 14.7 Å². The molecule has 30 heavy (non-hydrogen) atoms. The lowest BCUT2D eigenvalue weighted by molar-refractivity contribution is -0.119. The van der Waals surface area contributed by atoms with Crippen molar-refractivity contribution in [3.63, 3.8) is 0 Å². The van der Waals surface area contributed by atoms with Crippen LogP contribution in [0.25, 0.3) is 5.69 Å². The van der Waals surface area contributed by atoms with Gasteiger partial charge in [-0.1, -0.05) is 29.8 Å². The summed E-state index contributed by atoms with van der Waals surface area (Å²) < 4.78 is 12.3. The first-order valence-corrected chi connectivity index (χ1v) is 9.40. The Bertz CT molecular complexity index is 1050. The lowest BCUT2D eigenvalue weighted by Gasteiger charge is -2.18. The maximum atomic E-state index is 12.9. The Balaban J connectivity index is 1.75. The number of amides is 2. The van der Waals surface area contributed by atoms with Crippen LogP contribution >= 0.6 is 11.6 Å². The third-order valence-electron chi connectivity index (χ3n) is 4.26. The van der Waals surface area contributed by atoms with Crippen LogP contribution in [0.4, 0.5) is 0 Å². The minimum atomic E-state index is -0.649. The zero-order valence-electron chi connectivity index (χ0n) is 16.5. The molecule has 1 heterocycles. The highest BCUT2D eigenvalue weighted by Gasteiger charge is 2.19. The van der Waals surface area contributed by atoms with Gasteiger partial charge in [-0.3, -0.25) is 9.59 Å². The largest absolute Gasteiger partial charge is 0.493 e. The third-order valence-corrected chi connectivity index (χ3v) is 4.54. The summed E-state index contributed by atoms with van der Waals surface area (Å²) in [7, 11) is 3.10. The van der Waals surface area contributed by atoms with Gasteiger partial charge >= 0.3 is 0 Å². The van der Waals surface area contributed by atoms with E-state index in [9.17, 15) is 9.59 Å². The predicted molar refractivity (Wildman–Crippen MR) is 112 cm³/mol. The first-order chi connectivity index (χ1) is 14.4. The lowest BCUT2D eigenvalue weighted by atomic mass is 10.1.